The summed E-state index contributed by atoms with van der Waals surface area (Å²) in [6.45, 7) is 5.67. The molecule has 0 amide bonds. The van der Waals surface area contributed by atoms with E-state index in [9.17, 15) is 0 Å². The van der Waals surface area contributed by atoms with Crippen molar-refractivity contribution in [3.63, 3.8) is 0 Å². The van der Waals surface area contributed by atoms with Gasteiger partial charge < -0.3 is 37.5 Å². The van der Waals surface area contributed by atoms with Crippen LogP contribution in [-0.4, -0.2) is 63.6 Å². The van der Waals surface area contributed by atoms with Gasteiger partial charge in [0.2, 0.25) is 0 Å². The highest BCUT2D eigenvalue weighted by Crippen LogP contribution is 2.51. The number of nitrogens with zero attached hydrogens (tertiary/aromatic N) is 2. The van der Waals surface area contributed by atoms with Gasteiger partial charge in [0.15, 0.2) is 0 Å². The Balaban J connectivity index is 0. The summed E-state index contributed by atoms with van der Waals surface area (Å²) in [6.07, 6.45) is 47.7. The minimum absolute atomic E-state index is 0. The van der Waals surface area contributed by atoms with Crippen molar-refractivity contribution < 1.29 is 37.5 Å². The first-order valence-corrected chi connectivity index (χ1v) is 24.1. The lowest BCUT2D eigenvalue weighted by atomic mass is 10.1. The van der Waals surface area contributed by atoms with Crippen molar-refractivity contribution in [2.24, 2.45) is 0 Å². The molecule has 0 aromatic rings. The van der Waals surface area contributed by atoms with E-state index in [0.29, 0.717) is 0 Å². The second kappa shape index (κ2) is 39.4. The van der Waals surface area contributed by atoms with E-state index in [1.807, 2.05) is 0 Å². The average molecular weight is 855 g/mol. The zero-order valence-corrected chi connectivity index (χ0v) is 38.5. The molecule has 0 bridgehead atoms. The molecule has 0 N–H and O–H groups in total. The van der Waals surface area contributed by atoms with Crippen LogP contribution in [0.1, 0.15) is 200 Å². The van der Waals surface area contributed by atoms with Gasteiger partial charge in [0, 0.05) is 13.0 Å². The van der Waals surface area contributed by atoms with E-state index >= 15 is 0 Å². The van der Waals surface area contributed by atoms with E-state index in [2.05, 4.69) is 71.0 Å². The van der Waals surface area contributed by atoms with Gasteiger partial charge in [-0.25, -0.2) is 4.67 Å². The molecule has 0 rings (SSSR count). The van der Waals surface area contributed by atoms with Gasteiger partial charge in [0.25, 0.3) is 6.64 Å². The SMILES string of the molecule is CCCCCCCC/C=C\CCCCCCCCOP(=S)(OCCCCCCCC/C=C\CCCCCCCC)N(C)CCC[N+](C)(C)C.[I-]. The van der Waals surface area contributed by atoms with Crippen molar-refractivity contribution in [3.8, 4) is 0 Å². The fourth-order valence-corrected chi connectivity index (χ4v) is 8.46. The van der Waals surface area contributed by atoms with E-state index in [1.165, 1.54) is 167 Å². The van der Waals surface area contributed by atoms with Crippen molar-refractivity contribution in [1.29, 1.82) is 0 Å². The Morgan fingerprint density at radius 2 is 0.780 bits per heavy atom. The van der Waals surface area contributed by atoms with Crippen LogP contribution in [0.15, 0.2) is 24.3 Å². The smallest absolute Gasteiger partial charge is 0.263 e. The first-order chi connectivity index (χ1) is 23.7. The van der Waals surface area contributed by atoms with E-state index in [1.54, 1.807) is 0 Å². The molecule has 0 aliphatic rings. The Labute approximate surface area is 337 Å². The highest BCUT2D eigenvalue weighted by molar-refractivity contribution is 8.08. The number of halogens is 1. The molecule has 0 spiro atoms. The number of quaternary nitrogens is 1. The highest BCUT2D eigenvalue weighted by atomic mass is 127. The van der Waals surface area contributed by atoms with Gasteiger partial charge in [0.05, 0.1) is 40.9 Å². The summed E-state index contributed by atoms with van der Waals surface area (Å²) in [4.78, 5) is 0. The third-order valence-corrected chi connectivity index (χ3v) is 13.1. The molecule has 0 heterocycles. The Hall–Kier alpha value is 0.700. The van der Waals surface area contributed by atoms with Crippen LogP contribution in [0.4, 0.5) is 0 Å². The molecule has 0 unspecified atom stereocenters. The van der Waals surface area contributed by atoms with Crippen molar-refractivity contribution in [1.82, 2.24) is 4.67 Å². The standard InChI is InChI=1S/C43H88N2O2PS.HI/c1-7-9-11-13-15-17-19-21-23-25-27-29-31-33-35-37-42-46-48(49,44(3)40-39-41-45(4,5)6)47-43-38-36-34-32-30-28-26-24-22-20-18-16-14-12-10-8-2;/h21-24H,7-20,25-43H2,1-6H3;1H/q+1;/p-1/b23-21-,24-22-;. The fraction of sp³-hybridized carbons (Fsp3) is 0.907. The Morgan fingerprint density at radius 1 is 0.480 bits per heavy atom. The number of allylic oxidation sites excluding steroid dienone is 4. The van der Waals surface area contributed by atoms with Crippen molar-refractivity contribution in [3.05, 3.63) is 24.3 Å². The molecule has 50 heavy (non-hydrogen) atoms. The molecule has 4 nitrogen and oxygen atoms in total. The summed E-state index contributed by atoms with van der Waals surface area (Å²) in [6, 6.07) is 0. The van der Waals surface area contributed by atoms with Crippen LogP contribution in [0.3, 0.4) is 0 Å². The maximum Gasteiger partial charge on any atom is 0.263 e. The number of hydrogen-bond acceptors (Lipinski definition) is 3. The zero-order valence-electron chi connectivity index (χ0n) is 34.6. The predicted octanol–water partition coefficient (Wildman–Crippen LogP) is 11.4. The topological polar surface area (TPSA) is 21.7 Å². The lowest BCUT2D eigenvalue weighted by Crippen LogP contribution is -3.00. The molecule has 0 fully saturated rings. The van der Waals surface area contributed by atoms with Crippen LogP contribution in [0.5, 0.6) is 0 Å². The molecule has 0 aliphatic heterocycles. The molecule has 0 aliphatic carbocycles. The molecule has 0 aromatic carbocycles. The Bertz CT molecular complexity index is 741. The van der Waals surface area contributed by atoms with Crippen LogP contribution in [0.25, 0.3) is 0 Å². The van der Waals surface area contributed by atoms with E-state index in [-0.39, 0.29) is 24.0 Å². The van der Waals surface area contributed by atoms with Crippen molar-refractivity contribution in [2.45, 2.75) is 200 Å². The normalized spacial score (nSPS) is 12.5. The van der Waals surface area contributed by atoms with E-state index < -0.39 is 6.64 Å². The van der Waals surface area contributed by atoms with Gasteiger partial charge >= 0.3 is 0 Å². The second-order valence-corrected chi connectivity index (χ2v) is 19.3. The van der Waals surface area contributed by atoms with E-state index in [0.717, 1.165) is 50.0 Å². The number of rotatable bonds is 39. The Kier molecular flexibility index (Phi) is 41.6. The van der Waals surface area contributed by atoms with Gasteiger partial charge in [-0.05, 0) is 83.1 Å². The van der Waals surface area contributed by atoms with Crippen molar-refractivity contribution >= 4 is 18.4 Å². The van der Waals surface area contributed by atoms with Gasteiger partial charge in [-0.2, -0.15) is 0 Å². The predicted molar refractivity (Wildman–Crippen MR) is 225 cm³/mol. The lowest BCUT2D eigenvalue weighted by Gasteiger charge is -2.32. The molecular formula is C43H88IN2O2PS. The number of hydrogen-bond donors (Lipinski definition) is 0. The molecule has 0 saturated carbocycles. The Morgan fingerprint density at radius 3 is 1.10 bits per heavy atom. The molecular weight excluding hydrogens is 766 g/mol. The summed E-state index contributed by atoms with van der Waals surface area (Å²) in [5.41, 5.74) is 0. The first-order valence-electron chi connectivity index (χ1n) is 21.5. The first kappa shape index (κ1) is 52.8. The van der Waals surface area contributed by atoms with Gasteiger partial charge in [-0.3, -0.25) is 0 Å². The minimum atomic E-state index is -2.43. The minimum Gasteiger partial charge on any atom is -1.00 e. The summed E-state index contributed by atoms with van der Waals surface area (Å²) < 4.78 is 16.1. The van der Waals surface area contributed by atoms with Crippen molar-refractivity contribution in [2.75, 3.05) is 54.5 Å². The van der Waals surface area contributed by atoms with Gasteiger partial charge in [-0.1, -0.05) is 154 Å². The van der Waals surface area contributed by atoms with Crippen LogP contribution in [0.2, 0.25) is 0 Å². The quantitative estimate of drug-likeness (QED) is 0.0202. The molecule has 300 valence electrons. The third kappa shape index (κ3) is 38.4. The second-order valence-electron chi connectivity index (χ2n) is 15.8. The largest absolute Gasteiger partial charge is 1.00 e. The maximum absolute atomic E-state index is 6.43. The molecule has 0 aromatic heterocycles. The summed E-state index contributed by atoms with van der Waals surface area (Å²) in [7, 11) is 8.89. The highest BCUT2D eigenvalue weighted by Gasteiger charge is 2.25. The third-order valence-electron chi connectivity index (χ3n) is 9.55. The average Bonchev–Trinajstić information content (AvgIpc) is 3.07. The summed E-state index contributed by atoms with van der Waals surface area (Å²) in [5, 5.41) is 0. The van der Waals surface area contributed by atoms with Crippen LogP contribution >= 0.6 is 6.64 Å². The fourth-order valence-electron chi connectivity index (χ4n) is 6.19. The summed E-state index contributed by atoms with van der Waals surface area (Å²) in [5.74, 6) is 0. The van der Waals surface area contributed by atoms with Crippen LogP contribution in [-0.2, 0) is 20.9 Å². The molecule has 0 atom stereocenters. The zero-order chi connectivity index (χ0) is 36.2. The summed E-state index contributed by atoms with van der Waals surface area (Å²) >= 11 is 6.13. The van der Waals surface area contributed by atoms with Gasteiger partial charge in [0.1, 0.15) is 0 Å². The number of unbranched alkanes of at least 4 members (excludes halogenated alkanes) is 24. The van der Waals surface area contributed by atoms with Crippen LogP contribution < -0.4 is 24.0 Å². The van der Waals surface area contributed by atoms with E-state index in [4.69, 9.17) is 20.9 Å². The maximum atomic E-state index is 6.43. The van der Waals surface area contributed by atoms with Crippen LogP contribution in [0, 0.1) is 0 Å². The lowest BCUT2D eigenvalue weighted by molar-refractivity contribution is -0.870. The van der Waals surface area contributed by atoms with Gasteiger partial charge in [-0.15, -0.1) is 0 Å². The molecule has 0 saturated heterocycles. The molecule has 7 heteroatoms. The molecule has 0 radical (unpaired) electrons. The monoisotopic (exact) mass is 855 g/mol.